The Hall–Kier alpha value is -5.34. The molecule has 11 heteroatoms. The zero-order chi connectivity index (χ0) is 28.5. The molecule has 2 aliphatic heterocycles. The van der Waals surface area contributed by atoms with Crippen molar-refractivity contribution in [3.63, 3.8) is 0 Å². The SMILES string of the molecule is N#Cc1nccc(NC2CCN(Cc3ccc(-c4nc5n(c4-c4cccnc4N)COc4ccncc4-5)cc3)CC2)n1. The molecule has 3 N–H and O–H groups in total. The van der Waals surface area contributed by atoms with E-state index in [-0.39, 0.29) is 5.82 Å². The number of nitrogens with zero attached hydrogens (tertiary/aromatic N) is 8. The maximum absolute atomic E-state index is 9.05. The second kappa shape index (κ2) is 10.9. The Balaban J connectivity index is 1.10. The predicted octanol–water partition coefficient (Wildman–Crippen LogP) is 4.34. The van der Waals surface area contributed by atoms with Crippen LogP contribution in [0.2, 0.25) is 0 Å². The summed E-state index contributed by atoms with van der Waals surface area (Å²) in [5, 5.41) is 12.5. The average Bonchev–Trinajstić information content (AvgIpc) is 3.43. The smallest absolute Gasteiger partial charge is 0.234 e. The largest absolute Gasteiger partial charge is 0.472 e. The van der Waals surface area contributed by atoms with E-state index >= 15 is 0 Å². The third-order valence-electron chi connectivity index (χ3n) is 7.76. The third kappa shape index (κ3) is 4.88. The molecule has 5 aromatic rings. The zero-order valence-corrected chi connectivity index (χ0v) is 22.8. The van der Waals surface area contributed by atoms with Crippen LogP contribution < -0.4 is 15.8 Å². The Morgan fingerprint density at radius 2 is 1.83 bits per heavy atom. The van der Waals surface area contributed by atoms with Crippen LogP contribution in [0.15, 0.2) is 73.3 Å². The molecule has 1 aromatic carbocycles. The number of aromatic nitrogens is 6. The number of anilines is 2. The van der Waals surface area contributed by atoms with E-state index in [4.69, 9.17) is 20.7 Å². The lowest BCUT2D eigenvalue weighted by atomic mass is 10.0. The van der Waals surface area contributed by atoms with E-state index < -0.39 is 0 Å². The molecule has 2 aliphatic rings. The van der Waals surface area contributed by atoms with E-state index in [2.05, 4.69) is 54.4 Å². The Bertz CT molecular complexity index is 1780. The Labute approximate surface area is 242 Å². The van der Waals surface area contributed by atoms with E-state index in [0.717, 1.165) is 72.1 Å². The van der Waals surface area contributed by atoms with Crippen LogP contribution in [0.25, 0.3) is 33.9 Å². The molecule has 7 rings (SSSR count). The summed E-state index contributed by atoms with van der Waals surface area (Å²) >= 11 is 0. The Kier molecular flexibility index (Phi) is 6.65. The molecule has 0 amide bonds. The van der Waals surface area contributed by atoms with Crippen molar-refractivity contribution in [1.29, 1.82) is 5.26 Å². The van der Waals surface area contributed by atoms with Gasteiger partial charge in [0, 0.05) is 61.6 Å². The van der Waals surface area contributed by atoms with Crippen molar-refractivity contribution in [3.8, 4) is 45.7 Å². The Morgan fingerprint density at radius 1 is 0.976 bits per heavy atom. The number of nitrogen functional groups attached to an aromatic ring is 1. The van der Waals surface area contributed by atoms with Crippen LogP contribution in [0, 0.1) is 11.3 Å². The highest BCUT2D eigenvalue weighted by Gasteiger charge is 2.28. The first-order chi connectivity index (χ1) is 20.7. The van der Waals surface area contributed by atoms with Gasteiger partial charge in [0.2, 0.25) is 5.82 Å². The molecule has 42 heavy (non-hydrogen) atoms. The number of likely N-dealkylation sites (tertiary alicyclic amines) is 1. The summed E-state index contributed by atoms with van der Waals surface area (Å²) in [6.07, 6.45) is 8.81. The van der Waals surface area contributed by atoms with E-state index in [1.54, 1.807) is 24.8 Å². The van der Waals surface area contributed by atoms with E-state index in [0.29, 0.717) is 24.4 Å². The molecular weight excluding hydrogens is 528 g/mol. The summed E-state index contributed by atoms with van der Waals surface area (Å²) in [5.74, 6) is 2.89. The monoisotopic (exact) mass is 556 g/mol. The summed E-state index contributed by atoms with van der Waals surface area (Å²) in [6, 6.07) is 18.4. The molecule has 0 atom stereocenters. The second-order valence-corrected chi connectivity index (χ2v) is 10.4. The summed E-state index contributed by atoms with van der Waals surface area (Å²) < 4.78 is 8.09. The van der Waals surface area contributed by atoms with Gasteiger partial charge in [0.15, 0.2) is 6.73 Å². The molecule has 11 nitrogen and oxygen atoms in total. The van der Waals surface area contributed by atoms with Crippen molar-refractivity contribution in [1.82, 2.24) is 34.4 Å². The van der Waals surface area contributed by atoms with E-state index in [1.165, 1.54) is 5.56 Å². The topological polar surface area (TPSA) is 144 Å². The van der Waals surface area contributed by atoms with Gasteiger partial charge in [-0.2, -0.15) is 5.26 Å². The van der Waals surface area contributed by atoms with Gasteiger partial charge >= 0.3 is 0 Å². The fourth-order valence-electron chi connectivity index (χ4n) is 5.65. The Morgan fingerprint density at radius 3 is 2.64 bits per heavy atom. The maximum atomic E-state index is 9.05. The minimum Gasteiger partial charge on any atom is -0.472 e. The molecule has 6 heterocycles. The highest BCUT2D eigenvalue weighted by Crippen LogP contribution is 2.42. The quantitative estimate of drug-likeness (QED) is 0.310. The molecule has 1 saturated heterocycles. The van der Waals surface area contributed by atoms with Crippen molar-refractivity contribution < 1.29 is 4.74 Å². The van der Waals surface area contributed by atoms with Crippen molar-refractivity contribution in [3.05, 3.63) is 84.7 Å². The lowest BCUT2D eigenvalue weighted by Crippen LogP contribution is -2.38. The van der Waals surface area contributed by atoms with Gasteiger partial charge in [-0.3, -0.25) is 14.5 Å². The van der Waals surface area contributed by atoms with E-state index in [9.17, 15) is 0 Å². The highest BCUT2D eigenvalue weighted by atomic mass is 16.5. The number of nitrogens with one attached hydrogen (secondary N) is 1. The van der Waals surface area contributed by atoms with Gasteiger partial charge in [0.1, 0.15) is 29.3 Å². The van der Waals surface area contributed by atoms with Crippen LogP contribution in [0.1, 0.15) is 24.2 Å². The third-order valence-corrected chi connectivity index (χ3v) is 7.76. The number of nitrogens with two attached hydrogens (primary N) is 1. The van der Waals surface area contributed by atoms with Gasteiger partial charge in [0.25, 0.3) is 0 Å². The summed E-state index contributed by atoms with van der Waals surface area (Å²) in [4.78, 5) is 24.4. The molecule has 0 radical (unpaired) electrons. The van der Waals surface area contributed by atoms with Crippen molar-refractivity contribution in [2.24, 2.45) is 0 Å². The standard InChI is InChI=1S/C31H28N10O/c32-16-27-35-13-8-26(38-27)37-22-9-14-40(15-10-22)18-20-3-5-21(6-4-20)28-29(23-2-1-11-36-30(23)33)41-19-42-25-7-12-34-17-24(25)31(41)39-28/h1-8,11-13,17,22H,9-10,14-15,18-19H2,(H2,33,36)(H,35,37,38). The van der Waals surface area contributed by atoms with Crippen molar-refractivity contribution in [2.45, 2.75) is 32.2 Å². The molecular formula is C31H28N10O. The number of hydrogen-bond acceptors (Lipinski definition) is 10. The molecule has 1 fully saturated rings. The number of pyridine rings is 2. The number of imidazole rings is 1. The molecule has 0 saturated carbocycles. The van der Waals surface area contributed by atoms with E-state index in [1.807, 2.05) is 34.9 Å². The van der Waals surface area contributed by atoms with Gasteiger partial charge in [-0.05, 0) is 42.7 Å². The lowest BCUT2D eigenvalue weighted by molar-refractivity contribution is 0.211. The van der Waals surface area contributed by atoms with Gasteiger partial charge in [-0.25, -0.2) is 19.9 Å². The zero-order valence-electron chi connectivity index (χ0n) is 22.8. The lowest BCUT2D eigenvalue weighted by Gasteiger charge is -2.32. The minimum atomic E-state index is 0.183. The van der Waals surface area contributed by atoms with Crippen LogP contribution in [-0.2, 0) is 13.3 Å². The first-order valence-electron chi connectivity index (χ1n) is 13.9. The number of ether oxygens (including phenoxy) is 1. The number of piperidine rings is 1. The van der Waals surface area contributed by atoms with Crippen LogP contribution in [0.4, 0.5) is 11.6 Å². The average molecular weight is 557 g/mol. The number of hydrogen-bond donors (Lipinski definition) is 2. The fraction of sp³-hybridized carbons (Fsp3) is 0.226. The van der Waals surface area contributed by atoms with Crippen molar-refractivity contribution >= 4 is 11.6 Å². The second-order valence-electron chi connectivity index (χ2n) is 10.4. The predicted molar refractivity (Wildman–Crippen MR) is 158 cm³/mol. The molecule has 0 aliphatic carbocycles. The number of rotatable bonds is 6. The minimum absolute atomic E-state index is 0.183. The summed E-state index contributed by atoms with van der Waals surface area (Å²) in [5.41, 5.74) is 11.9. The first-order valence-corrected chi connectivity index (χ1v) is 13.9. The highest BCUT2D eigenvalue weighted by molar-refractivity contribution is 5.87. The van der Waals surface area contributed by atoms with Gasteiger partial charge in [-0.15, -0.1) is 0 Å². The molecule has 0 unspecified atom stereocenters. The summed E-state index contributed by atoms with van der Waals surface area (Å²) in [6.45, 7) is 3.14. The van der Waals surface area contributed by atoms with Gasteiger partial charge in [-0.1, -0.05) is 24.3 Å². The van der Waals surface area contributed by atoms with Crippen molar-refractivity contribution in [2.75, 3.05) is 24.1 Å². The molecule has 0 bridgehead atoms. The van der Waals surface area contributed by atoms with Gasteiger partial charge < -0.3 is 15.8 Å². The molecule has 208 valence electrons. The maximum Gasteiger partial charge on any atom is 0.234 e. The normalized spacial score (nSPS) is 14.8. The molecule has 4 aromatic heterocycles. The van der Waals surface area contributed by atoms with Gasteiger partial charge in [0.05, 0.1) is 17.0 Å². The number of benzene rings is 1. The van der Waals surface area contributed by atoms with Crippen LogP contribution in [-0.4, -0.2) is 53.5 Å². The van der Waals surface area contributed by atoms with Crippen LogP contribution in [0.5, 0.6) is 5.75 Å². The van der Waals surface area contributed by atoms with Crippen LogP contribution in [0.3, 0.4) is 0 Å². The number of fused-ring (bicyclic) bond motifs is 3. The number of nitriles is 1. The first kappa shape index (κ1) is 25.6. The van der Waals surface area contributed by atoms with Crippen LogP contribution >= 0.6 is 0 Å². The summed E-state index contributed by atoms with van der Waals surface area (Å²) in [7, 11) is 0. The fourth-order valence-corrected chi connectivity index (χ4v) is 5.65. The molecule has 0 spiro atoms.